The Kier molecular flexibility index (Phi) is 3.79. The number of piperidine rings is 1. The van der Waals surface area contributed by atoms with Gasteiger partial charge in [-0.2, -0.15) is 0 Å². The van der Waals surface area contributed by atoms with Crippen LogP contribution in [0.1, 0.15) is 37.7 Å². The van der Waals surface area contributed by atoms with Crippen LogP contribution in [0.25, 0.3) is 0 Å². The smallest absolute Gasteiger partial charge is 0.227 e. The van der Waals surface area contributed by atoms with Crippen LogP contribution in [0.5, 0.6) is 0 Å². The molecule has 2 atom stereocenters. The van der Waals surface area contributed by atoms with Gasteiger partial charge in [-0.3, -0.25) is 4.79 Å². The molecule has 1 amide bonds. The molecule has 0 spiro atoms. The highest BCUT2D eigenvalue weighted by atomic mass is 16.3. The first kappa shape index (κ1) is 13.6. The zero-order valence-corrected chi connectivity index (χ0v) is 11.9. The van der Waals surface area contributed by atoms with Gasteiger partial charge in [-0.15, -0.1) is 0 Å². The molecule has 1 aromatic rings. The summed E-state index contributed by atoms with van der Waals surface area (Å²) in [5.41, 5.74) is 0.573. The molecule has 1 saturated carbocycles. The number of hydrogen-bond donors (Lipinski definition) is 1. The summed E-state index contributed by atoms with van der Waals surface area (Å²) in [5.74, 6) is 0.480. The maximum absolute atomic E-state index is 12.4. The topological polar surface area (TPSA) is 40.5 Å². The van der Waals surface area contributed by atoms with E-state index < -0.39 is 5.60 Å². The molecular formula is C17H23NO2. The van der Waals surface area contributed by atoms with E-state index in [1.54, 1.807) is 0 Å². The normalized spacial score (nSPS) is 29.9. The van der Waals surface area contributed by atoms with Crippen LogP contribution in [0, 0.1) is 5.92 Å². The van der Waals surface area contributed by atoms with Gasteiger partial charge in [-0.25, -0.2) is 0 Å². The van der Waals surface area contributed by atoms with E-state index in [1.807, 2.05) is 35.2 Å². The average molecular weight is 273 g/mol. The lowest BCUT2D eigenvalue weighted by atomic mass is 9.71. The Balaban J connectivity index is 1.63. The molecule has 2 fully saturated rings. The molecule has 0 bridgehead atoms. The van der Waals surface area contributed by atoms with Crippen LogP contribution in [0.2, 0.25) is 0 Å². The summed E-state index contributed by atoms with van der Waals surface area (Å²) in [6.45, 7) is 1.45. The molecule has 1 heterocycles. The highest BCUT2D eigenvalue weighted by Crippen LogP contribution is 2.39. The van der Waals surface area contributed by atoms with Crippen molar-refractivity contribution in [1.82, 2.24) is 4.90 Å². The lowest BCUT2D eigenvalue weighted by Crippen LogP contribution is -2.54. The van der Waals surface area contributed by atoms with Gasteiger partial charge in [0.25, 0.3) is 0 Å². The Bertz CT molecular complexity index is 473. The molecule has 0 unspecified atom stereocenters. The maximum Gasteiger partial charge on any atom is 0.227 e. The second-order valence-corrected chi connectivity index (χ2v) is 6.30. The second kappa shape index (κ2) is 5.57. The van der Waals surface area contributed by atoms with Gasteiger partial charge in [0.1, 0.15) is 0 Å². The Morgan fingerprint density at radius 3 is 2.85 bits per heavy atom. The minimum absolute atomic E-state index is 0.198. The molecule has 1 aliphatic carbocycles. The van der Waals surface area contributed by atoms with E-state index in [2.05, 4.69) is 0 Å². The second-order valence-electron chi connectivity index (χ2n) is 6.30. The van der Waals surface area contributed by atoms with Crippen LogP contribution in [0.4, 0.5) is 0 Å². The summed E-state index contributed by atoms with van der Waals surface area (Å²) < 4.78 is 0. The Labute approximate surface area is 120 Å². The van der Waals surface area contributed by atoms with Crippen molar-refractivity contribution in [2.45, 2.75) is 44.1 Å². The van der Waals surface area contributed by atoms with Gasteiger partial charge in [-0.1, -0.05) is 43.2 Å². The van der Waals surface area contributed by atoms with Crippen LogP contribution in [0.15, 0.2) is 30.3 Å². The third kappa shape index (κ3) is 2.73. The molecule has 1 saturated heterocycles. The van der Waals surface area contributed by atoms with Crippen LogP contribution >= 0.6 is 0 Å². The van der Waals surface area contributed by atoms with Gasteiger partial charge in [0, 0.05) is 19.0 Å². The van der Waals surface area contributed by atoms with Crippen molar-refractivity contribution < 1.29 is 9.90 Å². The monoisotopic (exact) mass is 273 g/mol. The van der Waals surface area contributed by atoms with Gasteiger partial charge < -0.3 is 10.0 Å². The molecule has 1 aliphatic heterocycles. The Hall–Kier alpha value is -1.35. The number of carbonyl (C=O) groups excluding carboxylic acids is 1. The number of nitrogens with zero attached hydrogens (tertiary/aromatic N) is 1. The van der Waals surface area contributed by atoms with Crippen LogP contribution in [-0.4, -0.2) is 34.6 Å². The van der Waals surface area contributed by atoms with E-state index in [1.165, 1.54) is 6.42 Å². The van der Waals surface area contributed by atoms with Crippen molar-refractivity contribution in [2.24, 2.45) is 5.92 Å². The molecule has 2 aliphatic rings. The quantitative estimate of drug-likeness (QED) is 0.899. The molecule has 3 heteroatoms. The molecule has 0 aromatic heterocycles. The molecular weight excluding hydrogens is 250 g/mol. The molecule has 108 valence electrons. The van der Waals surface area contributed by atoms with Crippen LogP contribution < -0.4 is 0 Å². The highest BCUT2D eigenvalue weighted by Gasteiger charge is 2.43. The molecule has 3 nitrogen and oxygen atoms in total. The zero-order valence-electron chi connectivity index (χ0n) is 11.9. The zero-order chi connectivity index (χ0) is 14.0. The first-order chi connectivity index (χ1) is 9.67. The summed E-state index contributed by atoms with van der Waals surface area (Å²) in [6.07, 6.45) is 5.52. The SMILES string of the molecule is O=C(Cc1ccccc1)N1CC[C@@]2(O)CCCC[C@@H]2C1. The van der Waals surface area contributed by atoms with Gasteiger partial charge in [0.2, 0.25) is 5.91 Å². The fourth-order valence-corrected chi connectivity index (χ4v) is 3.68. The fraction of sp³-hybridized carbons (Fsp3) is 0.588. The van der Waals surface area contributed by atoms with Crippen molar-refractivity contribution in [1.29, 1.82) is 0 Å². The lowest BCUT2D eigenvalue weighted by molar-refractivity contribution is -0.142. The van der Waals surface area contributed by atoms with E-state index in [0.29, 0.717) is 13.0 Å². The number of amides is 1. The lowest BCUT2D eigenvalue weighted by Gasteiger charge is -2.47. The highest BCUT2D eigenvalue weighted by molar-refractivity contribution is 5.78. The number of hydrogen-bond acceptors (Lipinski definition) is 2. The van der Waals surface area contributed by atoms with Crippen molar-refractivity contribution >= 4 is 5.91 Å². The van der Waals surface area contributed by atoms with E-state index in [0.717, 1.165) is 37.8 Å². The van der Waals surface area contributed by atoms with Crippen molar-refractivity contribution in [3.63, 3.8) is 0 Å². The third-order valence-corrected chi connectivity index (χ3v) is 4.98. The van der Waals surface area contributed by atoms with Gasteiger partial charge >= 0.3 is 0 Å². The summed E-state index contributed by atoms with van der Waals surface area (Å²) in [5, 5.41) is 10.6. The number of aliphatic hydroxyl groups is 1. The molecule has 0 radical (unpaired) electrons. The standard InChI is InChI=1S/C17H23NO2/c19-16(12-14-6-2-1-3-7-14)18-11-10-17(20)9-5-4-8-15(17)13-18/h1-3,6-7,15,20H,4-5,8-13H2/t15-,17+/m1/s1. The van der Waals surface area contributed by atoms with Gasteiger partial charge in [0.15, 0.2) is 0 Å². The molecule has 1 N–H and O–H groups in total. The number of benzene rings is 1. The van der Waals surface area contributed by atoms with Crippen molar-refractivity contribution in [2.75, 3.05) is 13.1 Å². The number of fused-ring (bicyclic) bond motifs is 1. The summed E-state index contributed by atoms with van der Waals surface area (Å²) in [6, 6.07) is 9.91. The summed E-state index contributed by atoms with van der Waals surface area (Å²) in [7, 11) is 0. The van der Waals surface area contributed by atoms with Crippen LogP contribution in [-0.2, 0) is 11.2 Å². The third-order valence-electron chi connectivity index (χ3n) is 4.98. The average Bonchev–Trinajstić information content (AvgIpc) is 2.47. The van der Waals surface area contributed by atoms with Gasteiger partial charge in [0.05, 0.1) is 12.0 Å². The first-order valence-electron chi connectivity index (χ1n) is 7.71. The van der Waals surface area contributed by atoms with E-state index >= 15 is 0 Å². The predicted octanol–water partition coefficient (Wildman–Crippen LogP) is 2.38. The maximum atomic E-state index is 12.4. The minimum Gasteiger partial charge on any atom is -0.389 e. The Morgan fingerprint density at radius 1 is 1.25 bits per heavy atom. The Morgan fingerprint density at radius 2 is 2.05 bits per heavy atom. The molecule has 3 rings (SSSR count). The van der Waals surface area contributed by atoms with E-state index in [4.69, 9.17) is 0 Å². The summed E-state index contributed by atoms with van der Waals surface area (Å²) in [4.78, 5) is 14.3. The predicted molar refractivity (Wildman–Crippen MR) is 78.3 cm³/mol. The number of carbonyl (C=O) groups is 1. The van der Waals surface area contributed by atoms with E-state index in [9.17, 15) is 9.90 Å². The van der Waals surface area contributed by atoms with Crippen LogP contribution in [0.3, 0.4) is 0 Å². The minimum atomic E-state index is -0.498. The van der Waals surface area contributed by atoms with E-state index in [-0.39, 0.29) is 11.8 Å². The van der Waals surface area contributed by atoms with Gasteiger partial charge in [-0.05, 0) is 24.8 Å². The number of rotatable bonds is 2. The molecule has 20 heavy (non-hydrogen) atoms. The molecule has 1 aromatic carbocycles. The first-order valence-corrected chi connectivity index (χ1v) is 7.71. The number of likely N-dealkylation sites (tertiary alicyclic amines) is 1. The fourth-order valence-electron chi connectivity index (χ4n) is 3.68. The summed E-state index contributed by atoms with van der Waals surface area (Å²) >= 11 is 0. The largest absolute Gasteiger partial charge is 0.389 e. The van der Waals surface area contributed by atoms with Crippen molar-refractivity contribution in [3.8, 4) is 0 Å². The van der Waals surface area contributed by atoms with Crippen molar-refractivity contribution in [3.05, 3.63) is 35.9 Å².